The third-order valence-corrected chi connectivity index (χ3v) is 3.78. The van der Waals surface area contributed by atoms with Gasteiger partial charge in [-0.05, 0) is 19.8 Å². The van der Waals surface area contributed by atoms with Crippen LogP contribution >= 0.6 is 0 Å². The molecule has 0 aromatic carbocycles. The highest BCUT2D eigenvalue weighted by Gasteiger charge is 2.12. The number of esters is 2. The third kappa shape index (κ3) is 15.6. The molecule has 0 spiro atoms. The zero-order valence-electron chi connectivity index (χ0n) is 15.4. The second kappa shape index (κ2) is 15.8. The van der Waals surface area contributed by atoms with E-state index in [0.717, 1.165) is 25.7 Å². The normalized spacial score (nSPS) is 12.0. The van der Waals surface area contributed by atoms with Crippen LogP contribution in [0, 0.1) is 0 Å². The quantitative estimate of drug-likeness (QED) is 0.307. The van der Waals surface area contributed by atoms with Gasteiger partial charge in [0, 0.05) is 12.8 Å². The predicted octanol–water partition coefficient (Wildman–Crippen LogP) is 5.18. The molecule has 0 aromatic heterocycles. The Bertz CT molecular complexity index is 302. The molecule has 0 rings (SSSR count). The van der Waals surface area contributed by atoms with Crippen LogP contribution in [-0.2, 0) is 19.1 Å². The van der Waals surface area contributed by atoms with Crippen LogP contribution < -0.4 is 0 Å². The summed E-state index contributed by atoms with van der Waals surface area (Å²) in [5.41, 5.74) is 0. The summed E-state index contributed by atoms with van der Waals surface area (Å²) >= 11 is 0. The van der Waals surface area contributed by atoms with Crippen LogP contribution in [0.3, 0.4) is 0 Å². The van der Waals surface area contributed by atoms with E-state index in [-0.39, 0.29) is 24.6 Å². The van der Waals surface area contributed by atoms with Crippen LogP contribution in [0.2, 0.25) is 0 Å². The average molecular weight is 328 g/mol. The first-order valence-electron chi connectivity index (χ1n) is 9.45. The number of carbonyl (C=O) groups excluding carboxylic acids is 2. The van der Waals surface area contributed by atoms with Crippen LogP contribution in [0.25, 0.3) is 0 Å². The first kappa shape index (κ1) is 21.9. The zero-order valence-corrected chi connectivity index (χ0v) is 15.4. The number of ether oxygens (including phenoxy) is 2. The van der Waals surface area contributed by atoms with E-state index < -0.39 is 0 Å². The molecule has 1 atom stereocenters. The molecule has 0 saturated heterocycles. The molecule has 4 nitrogen and oxygen atoms in total. The summed E-state index contributed by atoms with van der Waals surface area (Å²) in [6.07, 6.45) is 11.7. The molecule has 136 valence electrons. The molecule has 0 saturated carbocycles. The van der Waals surface area contributed by atoms with Gasteiger partial charge in [-0.15, -0.1) is 0 Å². The smallest absolute Gasteiger partial charge is 0.306 e. The largest absolute Gasteiger partial charge is 0.462 e. The van der Waals surface area contributed by atoms with Crippen molar-refractivity contribution in [3.05, 3.63) is 0 Å². The van der Waals surface area contributed by atoms with Gasteiger partial charge >= 0.3 is 11.9 Å². The standard InChI is InChI=1S/C19H36O4/c1-4-6-8-10-12-14-18(20)22-16-17(3)23-19(21)15-13-11-9-7-5-2/h17H,4-16H2,1-3H3. The number of hydrogen-bond acceptors (Lipinski definition) is 4. The van der Waals surface area contributed by atoms with E-state index in [4.69, 9.17) is 9.47 Å². The maximum atomic E-state index is 11.6. The van der Waals surface area contributed by atoms with Gasteiger partial charge in [0.25, 0.3) is 0 Å². The SMILES string of the molecule is CCCCCCCC(=O)OCC(C)OC(=O)CCCCCCC. The number of unbranched alkanes of at least 4 members (excludes halogenated alkanes) is 8. The fourth-order valence-electron chi connectivity index (χ4n) is 2.35. The summed E-state index contributed by atoms with van der Waals surface area (Å²) in [6, 6.07) is 0. The van der Waals surface area contributed by atoms with Gasteiger partial charge in [-0.1, -0.05) is 65.2 Å². The van der Waals surface area contributed by atoms with Crippen molar-refractivity contribution >= 4 is 11.9 Å². The summed E-state index contributed by atoms with van der Waals surface area (Å²) in [6.45, 7) is 6.27. The lowest BCUT2D eigenvalue weighted by molar-refractivity contribution is -0.158. The average Bonchev–Trinajstić information content (AvgIpc) is 2.52. The van der Waals surface area contributed by atoms with Gasteiger partial charge in [0.2, 0.25) is 0 Å². The highest BCUT2D eigenvalue weighted by molar-refractivity contribution is 5.70. The molecule has 0 amide bonds. The Kier molecular flexibility index (Phi) is 15.1. The molecule has 0 aliphatic rings. The Hall–Kier alpha value is -1.06. The Morgan fingerprint density at radius 2 is 1.22 bits per heavy atom. The van der Waals surface area contributed by atoms with E-state index in [1.165, 1.54) is 38.5 Å². The first-order chi connectivity index (χ1) is 11.1. The lowest BCUT2D eigenvalue weighted by Crippen LogP contribution is -2.22. The van der Waals surface area contributed by atoms with Crippen molar-refractivity contribution in [2.45, 2.75) is 104 Å². The van der Waals surface area contributed by atoms with Crippen LogP contribution in [-0.4, -0.2) is 24.6 Å². The van der Waals surface area contributed by atoms with Gasteiger partial charge in [-0.3, -0.25) is 9.59 Å². The maximum absolute atomic E-state index is 11.6. The molecule has 0 aliphatic heterocycles. The van der Waals surface area contributed by atoms with E-state index in [1.54, 1.807) is 6.92 Å². The fraction of sp³-hybridized carbons (Fsp3) is 0.895. The van der Waals surface area contributed by atoms with Gasteiger partial charge in [0.05, 0.1) is 0 Å². The van der Waals surface area contributed by atoms with Crippen molar-refractivity contribution in [3.8, 4) is 0 Å². The minimum atomic E-state index is -0.359. The van der Waals surface area contributed by atoms with E-state index in [0.29, 0.717) is 12.8 Å². The molecular formula is C19H36O4. The molecule has 0 aromatic rings. The Morgan fingerprint density at radius 1 is 0.739 bits per heavy atom. The van der Waals surface area contributed by atoms with Crippen LogP contribution in [0.5, 0.6) is 0 Å². The summed E-state index contributed by atoms with van der Waals surface area (Å²) < 4.78 is 10.4. The second-order valence-corrected chi connectivity index (χ2v) is 6.31. The van der Waals surface area contributed by atoms with Gasteiger partial charge < -0.3 is 9.47 Å². The zero-order chi connectivity index (χ0) is 17.3. The number of rotatable bonds is 15. The van der Waals surface area contributed by atoms with Crippen molar-refractivity contribution < 1.29 is 19.1 Å². The van der Waals surface area contributed by atoms with Gasteiger partial charge in [-0.25, -0.2) is 0 Å². The minimum Gasteiger partial charge on any atom is -0.462 e. The Morgan fingerprint density at radius 3 is 1.74 bits per heavy atom. The van der Waals surface area contributed by atoms with Crippen molar-refractivity contribution in [3.63, 3.8) is 0 Å². The molecule has 0 aliphatic carbocycles. The minimum absolute atomic E-state index is 0.162. The van der Waals surface area contributed by atoms with Crippen LogP contribution in [0.1, 0.15) is 97.8 Å². The van der Waals surface area contributed by atoms with Gasteiger partial charge in [0.1, 0.15) is 12.7 Å². The van der Waals surface area contributed by atoms with E-state index in [9.17, 15) is 9.59 Å². The van der Waals surface area contributed by atoms with E-state index in [2.05, 4.69) is 13.8 Å². The van der Waals surface area contributed by atoms with Gasteiger partial charge in [0.15, 0.2) is 0 Å². The Balaban J connectivity index is 3.55. The lowest BCUT2D eigenvalue weighted by Gasteiger charge is -2.13. The number of hydrogen-bond donors (Lipinski definition) is 0. The number of carbonyl (C=O) groups is 2. The topological polar surface area (TPSA) is 52.6 Å². The molecule has 0 fully saturated rings. The van der Waals surface area contributed by atoms with Crippen LogP contribution in [0.4, 0.5) is 0 Å². The Labute approximate surface area is 142 Å². The highest BCUT2D eigenvalue weighted by atomic mass is 16.6. The second-order valence-electron chi connectivity index (χ2n) is 6.31. The van der Waals surface area contributed by atoms with Crippen molar-refractivity contribution in [2.24, 2.45) is 0 Å². The molecule has 1 unspecified atom stereocenters. The summed E-state index contributed by atoms with van der Waals surface area (Å²) in [5, 5.41) is 0. The maximum Gasteiger partial charge on any atom is 0.306 e. The lowest BCUT2D eigenvalue weighted by atomic mass is 10.1. The summed E-state index contributed by atoms with van der Waals surface area (Å²) in [4.78, 5) is 23.2. The summed E-state index contributed by atoms with van der Waals surface area (Å²) in [7, 11) is 0. The van der Waals surface area contributed by atoms with Crippen molar-refractivity contribution in [1.29, 1.82) is 0 Å². The first-order valence-corrected chi connectivity index (χ1v) is 9.45. The van der Waals surface area contributed by atoms with E-state index >= 15 is 0 Å². The highest BCUT2D eigenvalue weighted by Crippen LogP contribution is 2.08. The van der Waals surface area contributed by atoms with Crippen molar-refractivity contribution in [2.75, 3.05) is 6.61 Å². The monoisotopic (exact) mass is 328 g/mol. The van der Waals surface area contributed by atoms with E-state index in [1.807, 2.05) is 0 Å². The van der Waals surface area contributed by atoms with Crippen LogP contribution in [0.15, 0.2) is 0 Å². The molecule has 23 heavy (non-hydrogen) atoms. The molecule has 0 radical (unpaired) electrons. The van der Waals surface area contributed by atoms with Gasteiger partial charge in [-0.2, -0.15) is 0 Å². The fourth-order valence-corrected chi connectivity index (χ4v) is 2.35. The third-order valence-electron chi connectivity index (χ3n) is 3.78. The molecule has 4 heteroatoms. The molecule has 0 heterocycles. The van der Waals surface area contributed by atoms with Crippen molar-refractivity contribution in [1.82, 2.24) is 0 Å². The summed E-state index contributed by atoms with van der Waals surface area (Å²) in [5.74, 6) is -0.381. The molecule has 0 N–H and O–H groups in total. The molecular weight excluding hydrogens is 292 g/mol. The predicted molar refractivity (Wildman–Crippen MR) is 93.3 cm³/mol. The molecule has 0 bridgehead atoms.